The third-order valence-corrected chi connectivity index (χ3v) is 5.77. The minimum atomic E-state index is -0.364. The van der Waals surface area contributed by atoms with Crippen LogP contribution in [0.25, 0.3) is 0 Å². The quantitative estimate of drug-likeness (QED) is 0.648. The molecule has 5 nitrogen and oxygen atoms in total. The number of nitrogens with zero attached hydrogens (tertiary/aromatic N) is 1. The number of hydrogen-bond acceptors (Lipinski definition) is 4. The van der Waals surface area contributed by atoms with Crippen molar-refractivity contribution in [1.29, 1.82) is 0 Å². The van der Waals surface area contributed by atoms with E-state index in [-0.39, 0.29) is 17.8 Å². The van der Waals surface area contributed by atoms with Crippen molar-refractivity contribution in [3.05, 3.63) is 63.6 Å². The maximum absolute atomic E-state index is 12.6. The van der Waals surface area contributed by atoms with Gasteiger partial charge < -0.3 is 10.1 Å². The fourth-order valence-electron chi connectivity index (χ4n) is 3.41. The zero-order valence-corrected chi connectivity index (χ0v) is 17.8. The van der Waals surface area contributed by atoms with Gasteiger partial charge in [0.2, 0.25) is 5.91 Å². The predicted octanol–water partition coefficient (Wildman–Crippen LogP) is 5.02. The molecule has 0 spiro atoms. The number of nitrogens with one attached hydrogen (secondary N) is 1. The van der Waals surface area contributed by atoms with Gasteiger partial charge in [-0.2, -0.15) is 0 Å². The Bertz CT molecular complexity index is 843. The summed E-state index contributed by atoms with van der Waals surface area (Å²) in [5.74, 6) is -0.404. The second kappa shape index (κ2) is 10.1. The molecule has 0 radical (unpaired) electrons. The maximum atomic E-state index is 12.6. The van der Waals surface area contributed by atoms with E-state index in [9.17, 15) is 9.59 Å². The summed E-state index contributed by atoms with van der Waals surface area (Å²) < 4.78 is 4.96. The summed E-state index contributed by atoms with van der Waals surface area (Å²) in [6.07, 6.45) is 1.55. The van der Waals surface area contributed by atoms with Gasteiger partial charge in [-0.05, 0) is 69.3 Å². The largest absolute Gasteiger partial charge is 0.462 e. The number of carbonyl (C=O) groups is 2. The normalized spacial score (nSPS) is 15.1. The van der Waals surface area contributed by atoms with E-state index in [1.54, 1.807) is 31.2 Å². The lowest BCUT2D eigenvalue weighted by Gasteiger charge is -2.31. The first-order valence-electron chi connectivity index (χ1n) is 9.71. The van der Waals surface area contributed by atoms with Crippen LogP contribution in [0.15, 0.2) is 42.5 Å². The van der Waals surface area contributed by atoms with Crippen LogP contribution in [0.5, 0.6) is 0 Å². The molecule has 1 heterocycles. The Hall–Kier alpha value is -2.08. The molecule has 0 bridgehead atoms. The standard InChI is InChI=1S/C22H24Cl2N2O3/c1-2-29-22(28)16-6-8-17(9-7-16)25-21(27)15-10-12-26(13-11-15)14-18-19(23)4-3-5-20(18)24/h3-9,15H,2,10-14H2,1H3,(H,25,27). The van der Waals surface area contributed by atoms with E-state index in [1.807, 2.05) is 18.2 Å². The highest BCUT2D eigenvalue weighted by molar-refractivity contribution is 6.35. The summed E-state index contributed by atoms with van der Waals surface area (Å²) >= 11 is 12.5. The van der Waals surface area contributed by atoms with E-state index in [1.165, 1.54) is 0 Å². The Morgan fingerprint density at radius 1 is 1.07 bits per heavy atom. The predicted molar refractivity (Wildman–Crippen MR) is 115 cm³/mol. The van der Waals surface area contributed by atoms with Gasteiger partial charge >= 0.3 is 5.97 Å². The lowest BCUT2D eigenvalue weighted by Crippen LogP contribution is -2.37. The smallest absolute Gasteiger partial charge is 0.338 e. The Morgan fingerprint density at radius 3 is 2.28 bits per heavy atom. The summed E-state index contributed by atoms with van der Waals surface area (Å²) in [7, 11) is 0. The maximum Gasteiger partial charge on any atom is 0.338 e. The van der Waals surface area contributed by atoms with Crippen LogP contribution >= 0.6 is 23.2 Å². The van der Waals surface area contributed by atoms with Gasteiger partial charge in [-0.25, -0.2) is 4.79 Å². The molecule has 0 unspecified atom stereocenters. The fourth-order valence-corrected chi connectivity index (χ4v) is 3.93. The monoisotopic (exact) mass is 434 g/mol. The van der Waals surface area contributed by atoms with Crippen LogP contribution in [0.4, 0.5) is 5.69 Å². The molecular weight excluding hydrogens is 411 g/mol. The molecule has 7 heteroatoms. The molecule has 0 saturated carbocycles. The topological polar surface area (TPSA) is 58.6 Å². The van der Waals surface area contributed by atoms with E-state index < -0.39 is 0 Å². The summed E-state index contributed by atoms with van der Waals surface area (Å²) in [6, 6.07) is 12.3. The van der Waals surface area contributed by atoms with Crippen molar-refractivity contribution in [1.82, 2.24) is 4.90 Å². The third kappa shape index (κ3) is 5.72. The highest BCUT2D eigenvalue weighted by Gasteiger charge is 2.25. The Balaban J connectivity index is 1.50. The average molecular weight is 435 g/mol. The number of esters is 1. The first kappa shape index (κ1) is 21.6. The van der Waals surface area contributed by atoms with E-state index in [2.05, 4.69) is 10.2 Å². The summed E-state index contributed by atoms with van der Waals surface area (Å²) in [4.78, 5) is 26.6. The second-order valence-electron chi connectivity index (χ2n) is 7.04. The number of carbonyl (C=O) groups excluding carboxylic acids is 2. The lowest BCUT2D eigenvalue weighted by atomic mass is 9.95. The van der Waals surface area contributed by atoms with Crippen LogP contribution in [-0.4, -0.2) is 36.5 Å². The molecule has 1 aliphatic rings. The molecule has 154 valence electrons. The van der Waals surface area contributed by atoms with E-state index in [0.29, 0.717) is 34.4 Å². The van der Waals surface area contributed by atoms with Gasteiger partial charge in [-0.3, -0.25) is 9.69 Å². The molecule has 0 atom stereocenters. The number of anilines is 1. The highest BCUT2D eigenvalue weighted by Crippen LogP contribution is 2.28. The fraction of sp³-hybridized carbons (Fsp3) is 0.364. The van der Waals surface area contributed by atoms with E-state index in [4.69, 9.17) is 27.9 Å². The number of ether oxygens (including phenoxy) is 1. The van der Waals surface area contributed by atoms with Gasteiger partial charge in [0.15, 0.2) is 0 Å². The van der Waals surface area contributed by atoms with Gasteiger partial charge in [0.25, 0.3) is 0 Å². The van der Waals surface area contributed by atoms with Crippen molar-refractivity contribution in [2.45, 2.75) is 26.3 Å². The highest BCUT2D eigenvalue weighted by atomic mass is 35.5. The molecule has 2 aromatic carbocycles. The zero-order valence-electron chi connectivity index (χ0n) is 16.3. The van der Waals surface area contributed by atoms with Crippen molar-refractivity contribution >= 4 is 40.8 Å². The molecule has 2 aromatic rings. The minimum Gasteiger partial charge on any atom is -0.462 e. The van der Waals surface area contributed by atoms with Gasteiger partial charge in [0, 0.05) is 33.8 Å². The van der Waals surface area contributed by atoms with Crippen molar-refractivity contribution in [2.24, 2.45) is 5.92 Å². The van der Waals surface area contributed by atoms with Crippen LogP contribution in [0.2, 0.25) is 10.0 Å². The molecule has 29 heavy (non-hydrogen) atoms. The van der Waals surface area contributed by atoms with Crippen molar-refractivity contribution in [2.75, 3.05) is 25.0 Å². The summed E-state index contributed by atoms with van der Waals surface area (Å²) in [5.41, 5.74) is 2.07. The Kier molecular flexibility index (Phi) is 7.53. The average Bonchev–Trinajstić information content (AvgIpc) is 2.72. The number of halogens is 2. The van der Waals surface area contributed by atoms with Crippen molar-refractivity contribution in [3.63, 3.8) is 0 Å². The van der Waals surface area contributed by atoms with Crippen molar-refractivity contribution < 1.29 is 14.3 Å². The summed E-state index contributed by atoms with van der Waals surface area (Å²) in [5, 5.41) is 4.28. The number of piperidine rings is 1. The van der Waals surface area contributed by atoms with Gasteiger partial charge in [0.05, 0.1) is 12.2 Å². The Morgan fingerprint density at radius 2 is 1.69 bits per heavy atom. The zero-order chi connectivity index (χ0) is 20.8. The van der Waals surface area contributed by atoms with Crippen LogP contribution < -0.4 is 5.32 Å². The SMILES string of the molecule is CCOC(=O)c1ccc(NC(=O)C2CCN(Cc3c(Cl)cccc3Cl)CC2)cc1. The molecule has 1 N–H and O–H groups in total. The van der Waals surface area contributed by atoms with Gasteiger partial charge in [0.1, 0.15) is 0 Å². The van der Waals surface area contributed by atoms with Crippen LogP contribution in [0.1, 0.15) is 35.7 Å². The minimum absolute atomic E-state index is 0.00399. The molecule has 1 aliphatic heterocycles. The van der Waals surface area contributed by atoms with Gasteiger partial charge in [-0.15, -0.1) is 0 Å². The molecular formula is C22H24Cl2N2O3. The summed E-state index contributed by atoms with van der Waals surface area (Å²) in [6.45, 7) is 4.39. The lowest BCUT2D eigenvalue weighted by molar-refractivity contribution is -0.121. The molecule has 3 rings (SSSR count). The molecule has 1 saturated heterocycles. The Labute approximate surface area is 180 Å². The van der Waals surface area contributed by atoms with Crippen LogP contribution in [0.3, 0.4) is 0 Å². The van der Waals surface area contributed by atoms with E-state index >= 15 is 0 Å². The molecule has 0 aliphatic carbocycles. The third-order valence-electron chi connectivity index (χ3n) is 5.07. The van der Waals surface area contributed by atoms with E-state index in [0.717, 1.165) is 31.5 Å². The number of likely N-dealkylation sites (tertiary alicyclic amines) is 1. The first-order chi connectivity index (χ1) is 14.0. The number of benzene rings is 2. The van der Waals surface area contributed by atoms with Crippen LogP contribution in [0, 0.1) is 5.92 Å². The van der Waals surface area contributed by atoms with Gasteiger partial charge in [-0.1, -0.05) is 29.3 Å². The van der Waals surface area contributed by atoms with Crippen LogP contribution in [-0.2, 0) is 16.1 Å². The number of hydrogen-bond donors (Lipinski definition) is 1. The van der Waals surface area contributed by atoms with Crippen molar-refractivity contribution in [3.8, 4) is 0 Å². The number of rotatable bonds is 6. The molecule has 0 aromatic heterocycles. The first-order valence-corrected chi connectivity index (χ1v) is 10.5. The number of amides is 1. The molecule has 1 amide bonds. The molecule has 1 fully saturated rings. The second-order valence-corrected chi connectivity index (χ2v) is 7.85.